The molecule has 0 fully saturated rings. The average Bonchev–Trinajstić information content (AvgIpc) is 2.43. The monoisotopic (exact) mass is 214 g/mol. The summed E-state index contributed by atoms with van der Waals surface area (Å²) in [4.78, 5) is 0. The van der Waals surface area contributed by atoms with Crippen LogP contribution in [-0.4, -0.2) is 13.7 Å². The second-order valence-corrected chi connectivity index (χ2v) is 4.34. The molecule has 0 unspecified atom stereocenters. The molecular formula is C15H18O. The summed E-state index contributed by atoms with van der Waals surface area (Å²) in [5.41, 5.74) is 5.53. The van der Waals surface area contributed by atoms with Gasteiger partial charge in [0.2, 0.25) is 0 Å². The van der Waals surface area contributed by atoms with Gasteiger partial charge in [-0.1, -0.05) is 47.6 Å². The lowest BCUT2D eigenvalue weighted by molar-refractivity contribution is 0.202. The minimum Gasteiger partial charge on any atom is -0.384 e. The van der Waals surface area contributed by atoms with Crippen molar-refractivity contribution in [3.63, 3.8) is 0 Å². The number of benzene rings is 1. The summed E-state index contributed by atoms with van der Waals surface area (Å²) in [7, 11) is 1.76. The largest absolute Gasteiger partial charge is 0.384 e. The molecule has 1 aromatic rings. The van der Waals surface area contributed by atoms with Crippen LogP contribution in [0.25, 0.3) is 12.2 Å². The van der Waals surface area contributed by atoms with Crippen molar-refractivity contribution >= 4 is 12.2 Å². The molecule has 1 heteroatoms. The van der Waals surface area contributed by atoms with Crippen molar-refractivity contribution in [3.8, 4) is 0 Å². The van der Waals surface area contributed by atoms with Gasteiger partial charge >= 0.3 is 0 Å². The Labute approximate surface area is 97.4 Å². The van der Waals surface area contributed by atoms with Crippen LogP contribution in [0.1, 0.15) is 30.9 Å². The molecule has 1 aliphatic rings. The summed E-state index contributed by atoms with van der Waals surface area (Å²) in [5.74, 6) is 0. The maximum atomic E-state index is 5.15. The van der Waals surface area contributed by atoms with E-state index in [0.717, 1.165) is 19.4 Å². The zero-order valence-electron chi connectivity index (χ0n) is 9.99. The molecule has 1 nitrogen and oxygen atoms in total. The molecule has 0 N–H and O–H groups in total. The van der Waals surface area contributed by atoms with Crippen LogP contribution in [0, 0.1) is 0 Å². The molecule has 0 heterocycles. The highest BCUT2D eigenvalue weighted by atomic mass is 16.5. The fourth-order valence-corrected chi connectivity index (χ4v) is 2.11. The molecule has 1 aromatic carbocycles. The van der Waals surface area contributed by atoms with Gasteiger partial charge in [0.05, 0.1) is 0 Å². The van der Waals surface area contributed by atoms with Gasteiger partial charge in [-0.05, 0) is 30.9 Å². The van der Waals surface area contributed by atoms with E-state index in [0.29, 0.717) is 0 Å². The first-order valence-corrected chi connectivity index (χ1v) is 5.74. The van der Waals surface area contributed by atoms with E-state index in [1.54, 1.807) is 7.11 Å². The first-order chi connectivity index (χ1) is 7.79. The van der Waals surface area contributed by atoms with Crippen molar-refractivity contribution in [1.29, 1.82) is 0 Å². The van der Waals surface area contributed by atoms with Gasteiger partial charge < -0.3 is 4.74 Å². The number of hydrogen-bond acceptors (Lipinski definition) is 1. The second kappa shape index (κ2) is 5.13. The van der Waals surface area contributed by atoms with Crippen LogP contribution in [0.4, 0.5) is 0 Å². The normalized spacial score (nSPS) is 14.9. The van der Waals surface area contributed by atoms with Crippen LogP contribution < -0.4 is 0 Å². The smallest absolute Gasteiger partial charge is 0.0499 e. The third kappa shape index (κ3) is 2.61. The molecule has 0 radical (unpaired) electrons. The quantitative estimate of drug-likeness (QED) is 0.741. The molecule has 0 saturated heterocycles. The summed E-state index contributed by atoms with van der Waals surface area (Å²) < 4.78 is 5.15. The van der Waals surface area contributed by atoms with Crippen LogP contribution in [-0.2, 0) is 4.74 Å². The second-order valence-electron chi connectivity index (χ2n) is 4.34. The summed E-state index contributed by atoms with van der Waals surface area (Å²) >= 11 is 0. The molecule has 0 spiro atoms. The van der Waals surface area contributed by atoms with E-state index in [-0.39, 0.29) is 0 Å². The average molecular weight is 214 g/mol. The molecule has 0 aromatic heterocycles. The molecule has 2 rings (SSSR count). The van der Waals surface area contributed by atoms with E-state index in [1.165, 1.54) is 22.3 Å². The number of methoxy groups -OCH3 is 1. The molecule has 0 bridgehead atoms. The lowest BCUT2D eigenvalue weighted by Gasteiger charge is -2.05. The lowest BCUT2D eigenvalue weighted by atomic mass is 10.0. The van der Waals surface area contributed by atoms with Gasteiger partial charge in [0.15, 0.2) is 0 Å². The molecule has 0 saturated carbocycles. The Balaban J connectivity index is 2.31. The van der Waals surface area contributed by atoms with Crippen molar-refractivity contribution in [3.05, 3.63) is 46.5 Å². The Morgan fingerprint density at radius 2 is 1.81 bits per heavy atom. The van der Waals surface area contributed by atoms with Gasteiger partial charge in [-0.25, -0.2) is 0 Å². The number of fused-ring (bicyclic) bond motifs is 1. The van der Waals surface area contributed by atoms with Crippen molar-refractivity contribution in [1.82, 2.24) is 0 Å². The minimum atomic E-state index is 0.807. The number of rotatable bonds is 3. The highest BCUT2D eigenvalue weighted by molar-refractivity contribution is 5.70. The molecule has 16 heavy (non-hydrogen) atoms. The zero-order chi connectivity index (χ0) is 11.4. The van der Waals surface area contributed by atoms with Crippen molar-refractivity contribution < 1.29 is 4.74 Å². The van der Waals surface area contributed by atoms with E-state index in [9.17, 15) is 0 Å². The van der Waals surface area contributed by atoms with Crippen LogP contribution >= 0.6 is 0 Å². The van der Waals surface area contributed by atoms with Gasteiger partial charge in [-0.2, -0.15) is 0 Å². The Morgan fingerprint density at radius 3 is 2.50 bits per heavy atom. The Hall–Kier alpha value is -1.34. The summed E-state index contributed by atoms with van der Waals surface area (Å²) in [6.07, 6.45) is 6.68. The van der Waals surface area contributed by atoms with E-state index >= 15 is 0 Å². The van der Waals surface area contributed by atoms with E-state index in [2.05, 4.69) is 43.3 Å². The number of hydrogen-bond donors (Lipinski definition) is 0. The standard InChI is InChI=1S/C15H18O/c1-12-9-13(7-8-16-2)11-15-6-4-3-5-14(15)10-12/h3-6,10-11H,7-9H2,1-2H3. The zero-order valence-corrected chi connectivity index (χ0v) is 9.99. The SMILES string of the molecule is COCCC1=Cc2ccccc2C=C(C)C1. The first kappa shape index (κ1) is 11.2. The van der Waals surface area contributed by atoms with Crippen molar-refractivity contribution in [2.75, 3.05) is 13.7 Å². The number of ether oxygens (including phenoxy) is 1. The third-order valence-electron chi connectivity index (χ3n) is 2.89. The highest BCUT2D eigenvalue weighted by Crippen LogP contribution is 2.26. The molecule has 0 aliphatic heterocycles. The van der Waals surface area contributed by atoms with Crippen LogP contribution in [0.2, 0.25) is 0 Å². The molecule has 0 amide bonds. The number of allylic oxidation sites excluding steroid dienone is 1. The summed E-state index contributed by atoms with van der Waals surface area (Å²) in [6.45, 7) is 3.00. The van der Waals surface area contributed by atoms with Crippen molar-refractivity contribution in [2.45, 2.75) is 19.8 Å². The van der Waals surface area contributed by atoms with Crippen LogP contribution in [0.3, 0.4) is 0 Å². The van der Waals surface area contributed by atoms with E-state index < -0.39 is 0 Å². The van der Waals surface area contributed by atoms with Crippen LogP contribution in [0.5, 0.6) is 0 Å². The van der Waals surface area contributed by atoms with E-state index in [1.807, 2.05) is 0 Å². The third-order valence-corrected chi connectivity index (χ3v) is 2.89. The maximum Gasteiger partial charge on any atom is 0.0499 e. The lowest BCUT2D eigenvalue weighted by Crippen LogP contribution is -1.92. The van der Waals surface area contributed by atoms with E-state index in [4.69, 9.17) is 4.74 Å². The van der Waals surface area contributed by atoms with Crippen LogP contribution in [0.15, 0.2) is 35.4 Å². The van der Waals surface area contributed by atoms with Gasteiger partial charge in [0, 0.05) is 13.7 Å². The first-order valence-electron chi connectivity index (χ1n) is 5.74. The topological polar surface area (TPSA) is 9.23 Å². The summed E-state index contributed by atoms with van der Waals surface area (Å²) in [5, 5.41) is 0. The molecule has 84 valence electrons. The van der Waals surface area contributed by atoms with Crippen molar-refractivity contribution in [2.24, 2.45) is 0 Å². The van der Waals surface area contributed by atoms with Gasteiger partial charge in [-0.15, -0.1) is 0 Å². The summed E-state index contributed by atoms with van der Waals surface area (Å²) in [6, 6.07) is 8.54. The fraction of sp³-hybridized carbons (Fsp3) is 0.333. The van der Waals surface area contributed by atoms with Gasteiger partial charge in [0.1, 0.15) is 0 Å². The Morgan fingerprint density at radius 1 is 1.12 bits per heavy atom. The Bertz CT molecular complexity index is 427. The van der Waals surface area contributed by atoms with Gasteiger partial charge in [0.25, 0.3) is 0 Å². The predicted molar refractivity (Wildman–Crippen MR) is 69.2 cm³/mol. The molecule has 0 atom stereocenters. The molecule has 1 aliphatic carbocycles. The molecular weight excluding hydrogens is 196 g/mol. The Kier molecular flexibility index (Phi) is 3.58. The minimum absolute atomic E-state index is 0.807. The highest BCUT2D eigenvalue weighted by Gasteiger charge is 2.07. The van der Waals surface area contributed by atoms with Gasteiger partial charge in [-0.3, -0.25) is 0 Å². The fourth-order valence-electron chi connectivity index (χ4n) is 2.11. The maximum absolute atomic E-state index is 5.15. The predicted octanol–water partition coefficient (Wildman–Crippen LogP) is 3.91.